The average molecular weight is 251 g/mol. The minimum atomic E-state index is -1.15. The van der Waals surface area contributed by atoms with E-state index in [-0.39, 0.29) is 6.42 Å². The first-order chi connectivity index (χ1) is 8.54. The number of benzene rings is 1. The fraction of sp³-hybridized carbons (Fsp3) is 0.500. The number of aryl methyl sites for hydroxylation is 1. The van der Waals surface area contributed by atoms with Crippen LogP contribution in [0.1, 0.15) is 43.4 Å². The first-order valence-corrected chi connectivity index (χ1v) is 6.28. The van der Waals surface area contributed by atoms with Gasteiger partial charge in [0.25, 0.3) is 0 Å². The Morgan fingerprint density at radius 3 is 2.39 bits per heavy atom. The summed E-state index contributed by atoms with van der Waals surface area (Å²) in [5.74, 6) is -0.624. The summed E-state index contributed by atoms with van der Waals surface area (Å²) in [6.07, 6.45) is 0.824. The molecule has 0 saturated carbocycles. The van der Waals surface area contributed by atoms with E-state index < -0.39 is 18.1 Å². The molecule has 0 saturated heterocycles. The van der Waals surface area contributed by atoms with Crippen molar-refractivity contribution in [1.29, 1.82) is 0 Å². The van der Waals surface area contributed by atoms with Crippen LogP contribution in [0, 0.1) is 0 Å². The lowest BCUT2D eigenvalue weighted by Crippen LogP contribution is -2.25. The van der Waals surface area contributed by atoms with Crippen molar-refractivity contribution < 1.29 is 15.0 Å². The summed E-state index contributed by atoms with van der Waals surface area (Å²) in [4.78, 5) is 10.7. The molecule has 1 aromatic carbocycles. The third kappa shape index (κ3) is 4.47. The molecule has 2 unspecified atom stereocenters. The zero-order valence-electron chi connectivity index (χ0n) is 10.7. The molecule has 1 rings (SSSR count). The molecule has 18 heavy (non-hydrogen) atoms. The molecule has 0 radical (unpaired) electrons. The highest BCUT2D eigenvalue weighted by Gasteiger charge is 2.20. The standard InChI is InChI=1S/C14H21NO3/c1-2-3-4-10-5-7-11(8-6-10)14(18)12(16)9-13(15)17/h5-8,12,14,16,18H,2-4,9H2,1H3,(H2,15,17). The largest absolute Gasteiger partial charge is 0.390 e. The maximum atomic E-state index is 10.7. The SMILES string of the molecule is CCCCc1ccc(C(O)C(O)CC(N)=O)cc1. The van der Waals surface area contributed by atoms with Crippen LogP contribution >= 0.6 is 0 Å². The fourth-order valence-corrected chi connectivity index (χ4v) is 1.80. The van der Waals surface area contributed by atoms with Crippen LogP contribution in [0.3, 0.4) is 0 Å². The molecule has 0 fully saturated rings. The number of hydrogen-bond acceptors (Lipinski definition) is 3. The van der Waals surface area contributed by atoms with Crippen molar-refractivity contribution in [3.63, 3.8) is 0 Å². The van der Waals surface area contributed by atoms with E-state index >= 15 is 0 Å². The fourth-order valence-electron chi connectivity index (χ4n) is 1.80. The lowest BCUT2D eigenvalue weighted by atomic mass is 9.99. The van der Waals surface area contributed by atoms with E-state index in [9.17, 15) is 15.0 Å². The first-order valence-electron chi connectivity index (χ1n) is 6.28. The predicted octanol–water partition coefficient (Wildman–Crippen LogP) is 1.30. The van der Waals surface area contributed by atoms with Gasteiger partial charge >= 0.3 is 0 Å². The topological polar surface area (TPSA) is 83.6 Å². The first kappa shape index (κ1) is 14.7. The highest BCUT2D eigenvalue weighted by Crippen LogP contribution is 2.19. The second-order valence-electron chi connectivity index (χ2n) is 4.53. The quantitative estimate of drug-likeness (QED) is 0.683. The molecule has 0 aliphatic carbocycles. The number of nitrogens with two attached hydrogens (primary N) is 1. The number of carbonyl (C=O) groups excluding carboxylic acids is 1. The predicted molar refractivity (Wildman–Crippen MR) is 69.8 cm³/mol. The monoisotopic (exact) mass is 251 g/mol. The van der Waals surface area contributed by atoms with Crippen LogP contribution in [-0.2, 0) is 11.2 Å². The van der Waals surface area contributed by atoms with E-state index in [0.717, 1.165) is 19.3 Å². The van der Waals surface area contributed by atoms with Crippen LogP contribution in [0.15, 0.2) is 24.3 Å². The lowest BCUT2D eigenvalue weighted by molar-refractivity contribution is -0.121. The molecule has 4 nitrogen and oxygen atoms in total. The van der Waals surface area contributed by atoms with Crippen LogP contribution < -0.4 is 5.73 Å². The van der Waals surface area contributed by atoms with Crippen LogP contribution in [0.5, 0.6) is 0 Å². The molecule has 2 atom stereocenters. The molecule has 0 aliphatic rings. The molecule has 1 amide bonds. The summed E-state index contributed by atoms with van der Waals surface area (Å²) in [7, 11) is 0. The van der Waals surface area contributed by atoms with Gasteiger partial charge in [0.1, 0.15) is 6.10 Å². The molecule has 1 aromatic rings. The molecule has 0 bridgehead atoms. The number of hydrogen-bond donors (Lipinski definition) is 3. The van der Waals surface area contributed by atoms with E-state index in [1.807, 2.05) is 12.1 Å². The minimum absolute atomic E-state index is 0.237. The van der Waals surface area contributed by atoms with Gasteiger partial charge in [-0.15, -0.1) is 0 Å². The Balaban J connectivity index is 2.63. The second-order valence-corrected chi connectivity index (χ2v) is 4.53. The van der Waals surface area contributed by atoms with Gasteiger partial charge < -0.3 is 15.9 Å². The Morgan fingerprint density at radius 2 is 1.89 bits per heavy atom. The van der Waals surface area contributed by atoms with Crippen molar-refractivity contribution in [2.24, 2.45) is 5.73 Å². The Labute approximate surface area is 107 Å². The van der Waals surface area contributed by atoms with Gasteiger partial charge in [-0.05, 0) is 24.0 Å². The van der Waals surface area contributed by atoms with Gasteiger partial charge in [-0.3, -0.25) is 4.79 Å². The second kappa shape index (κ2) is 7.13. The highest BCUT2D eigenvalue weighted by molar-refractivity contribution is 5.74. The smallest absolute Gasteiger partial charge is 0.220 e. The third-order valence-corrected chi connectivity index (χ3v) is 2.92. The number of aliphatic hydroxyl groups is 2. The number of carbonyl (C=O) groups is 1. The Kier molecular flexibility index (Phi) is 5.82. The van der Waals surface area contributed by atoms with E-state index in [2.05, 4.69) is 6.92 Å². The van der Waals surface area contributed by atoms with Crippen molar-refractivity contribution in [2.45, 2.75) is 44.8 Å². The molecule has 4 heteroatoms. The summed E-state index contributed by atoms with van der Waals surface area (Å²) >= 11 is 0. The molecule has 0 spiro atoms. The highest BCUT2D eigenvalue weighted by atomic mass is 16.3. The average Bonchev–Trinajstić information content (AvgIpc) is 2.35. The summed E-state index contributed by atoms with van der Waals surface area (Å²) in [6.45, 7) is 2.14. The summed E-state index contributed by atoms with van der Waals surface area (Å²) < 4.78 is 0. The van der Waals surface area contributed by atoms with Crippen molar-refractivity contribution in [3.8, 4) is 0 Å². The number of unbranched alkanes of at least 4 members (excludes halogenated alkanes) is 1. The Hall–Kier alpha value is -1.39. The van der Waals surface area contributed by atoms with Gasteiger partial charge in [-0.25, -0.2) is 0 Å². The minimum Gasteiger partial charge on any atom is -0.390 e. The summed E-state index contributed by atoms with van der Waals surface area (Å²) in [5.41, 5.74) is 6.78. The van der Waals surface area contributed by atoms with Gasteiger partial charge in [0, 0.05) is 0 Å². The summed E-state index contributed by atoms with van der Waals surface area (Å²) in [5, 5.41) is 19.4. The Morgan fingerprint density at radius 1 is 1.28 bits per heavy atom. The van der Waals surface area contributed by atoms with Gasteiger partial charge in [-0.1, -0.05) is 37.6 Å². The molecule has 100 valence electrons. The van der Waals surface area contributed by atoms with Gasteiger partial charge in [0.15, 0.2) is 0 Å². The number of primary amides is 1. The maximum absolute atomic E-state index is 10.7. The van der Waals surface area contributed by atoms with Crippen molar-refractivity contribution in [3.05, 3.63) is 35.4 Å². The van der Waals surface area contributed by atoms with Crippen LogP contribution in [0.4, 0.5) is 0 Å². The van der Waals surface area contributed by atoms with Crippen LogP contribution in [-0.4, -0.2) is 22.2 Å². The van der Waals surface area contributed by atoms with Gasteiger partial charge in [-0.2, -0.15) is 0 Å². The summed E-state index contributed by atoms with van der Waals surface area (Å²) in [6, 6.07) is 7.43. The Bertz CT molecular complexity index is 375. The molecular weight excluding hydrogens is 230 g/mol. The van der Waals surface area contributed by atoms with E-state index in [1.54, 1.807) is 12.1 Å². The number of aliphatic hydroxyl groups excluding tert-OH is 2. The van der Waals surface area contributed by atoms with E-state index in [0.29, 0.717) is 5.56 Å². The maximum Gasteiger partial charge on any atom is 0.220 e. The number of rotatable bonds is 7. The normalized spacial score (nSPS) is 14.2. The van der Waals surface area contributed by atoms with Crippen molar-refractivity contribution in [2.75, 3.05) is 0 Å². The van der Waals surface area contributed by atoms with E-state index in [4.69, 9.17) is 5.73 Å². The lowest BCUT2D eigenvalue weighted by Gasteiger charge is -2.17. The zero-order chi connectivity index (χ0) is 13.5. The molecular formula is C14H21NO3. The van der Waals surface area contributed by atoms with Crippen LogP contribution in [0.25, 0.3) is 0 Å². The molecule has 0 heterocycles. The van der Waals surface area contributed by atoms with Crippen molar-refractivity contribution in [1.82, 2.24) is 0 Å². The van der Waals surface area contributed by atoms with Gasteiger partial charge in [0.2, 0.25) is 5.91 Å². The molecule has 4 N–H and O–H groups in total. The van der Waals surface area contributed by atoms with Crippen molar-refractivity contribution >= 4 is 5.91 Å². The van der Waals surface area contributed by atoms with Crippen LogP contribution in [0.2, 0.25) is 0 Å². The zero-order valence-corrected chi connectivity index (χ0v) is 10.7. The third-order valence-electron chi connectivity index (χ3n) is 2.92. The molecule has 0 aromatic heterocycles. The van der Waals surface area contributed by atoms with Gasteiger partial charge in [0.05, 0.1) is 12.5 Å². The number of amides is 1. The van der Waals surface area contributed by atoms with E-state index in [1.165, 1.54) is 5.56 Å². The molecule has 0 aliphatic heterocycles.